The van der Waals surface area contributed by atoms with E-state index < -0.39 is 0 Å². The summed E-state index contributed by atoms with van der Waals surface area (Å²) in [6.07, 6.45) is 0. The van der Waals surface area contributed by atoms with E-state index in [1.165, 1.54) is 4.88 Å². The molecule has 0 radical (unpaired) electrons. The minimum absolute atomic E-state index is 0. The van der Waals surface area contributed by atoms with Crippen molar-refractivity contribution in [3.8, 4) is 11.5 Å². The predicted molar refractivity (Wildman–Crippen MR) is 116 cm³/mol. The molecule has 2 aromatic rings. The average Bonchev–Trinajstić information content (AvgIpc) is 3.11. The van der Waals surface area contributed by atoms with Gasteiger partial charge in [0.05, 0.1) is 26.8 Å². The summed E-state index contributed by atoms with van der Waals surface area (Å²) in [6, 6.07) is 10.1. The van der Waals surface area contributed by atoms with Gasteiger partial charge in [-0.3, -0.25) is 0 Å². The van der Waals surface area contributed by atoms with Crippen LogP contribution in [-0.4, -0.2) is 26.2 Å². The summed E-state index contributed by atoms with van der Waals surface area (Å²) in [5, 5.41) is 8.69. The summed E-state index contributed by atoms with van der Waals surface area (Å²) < 4.78 is 10.9. The molecule has 0 fully saturated rings. The Morgan fingerprint density at radius 1 is 1.16 bits per heavy atom. The first-order valence-electron chi connectivity index (χ1n) is 8.11. The van der Waals surface area contributed by atoms with Crippen molar-refractivity contribution >= 4 is 41.3 Å². The first-order valence-corrected chi connectivity index (χ1v) is 8.99. The highest BCUT2D eigenvalue weighted by molar-refractivity contribution is 14.0. The molecular formula is C18H26IN3O2S. The summed E-state index contributed by atoms with van der Waals surface area (Å²) in [7, 11) is 1.65. The van der Waals surface area contributed by atoms with E-state index in [1.807, 2.05) is 25.1 Å². The second kappa shape index (κ2) is 12.0. The summed E-state index contributed by atoms with van der Waals surface area (Å²) in [5.74, 6) is 2.30. The number of guanidine groups is 1. The van der Waals surface area contributed by atoms with Crippen molar-refractivity contribution in [2.24, 2.45) is 4.99 Å². The molecule has 1 aromatic carbocycles. The molecule has 25 heavy (non-hydrogen) atoms. The maximum absolute atomic E-state index is 5.62. The highest BCUT2D eigenvalue weighted by atomic mass is 127. The van der Waals surface area contributed by atoms with Crippen LogP contribution in [0.15, 0.2) is 40.7 Å². The van der Waals surface area contributed by atoms with Gasteiger partial charge < -0.3 is 20.1 Å². The first kappa shape index (κ1) is 21.6. The molecule has 0 saturated heterocycles. The molecule has 0 amide bonds. The minimum atomic E-state index is 0. The second-order valence-electron chi connectivity index (χ2n) is 5.05. The van der Waals surface area contributed by atoms with Crippen molar-refractivity contribution in [1.82, 2.24) is 10.6 Å². The van der Waals surface area contributed by atoms with Crippen molar-refractivity contribution in [2.75, 3.05) is 20.3 Å². The summed E-state index contributed by atoms with van der Waals surface area (Å²) in [6.45, 7) is 6.79. The molecule has 138 valence electrons. The van der Waals surface area contributed by atoms with Crippen molar-refractivity contribution in [3.63, 3.8) is 0 Å². The van der Waals surface area contributed by atoms with Crippen LogP contribution in [0.5, 0.6) is 11.5 Å². The number of benzene rings is 1. The van der Waals surface area contributed by atoms with Crippen LogP contribution in [0.2, 0.25) is 0 Å². The number of thiophene rings is 1. The largest absolute Gasteiger partial charge is 0.493 e. The molecule has 1 aromatic heterocycles. The van der Waals surface area contributed by atoms with Gasteiger partial charge in [0.1, 0.15) is 0 Å². The molecule has 0 aliphatic carbocycles. The quantitative estimate of drug-likeness (QED) is 0.344. The highest BCUT2D eigenvalue weighted by Gasteiger charge is 2.05. The number of rotatable bonds is 8. The van der Waals surface area contributed by atoms with Crippen molar-refractivity contribution < 1.29 is 9.47 Å². The maximum Gasteiger partial charge on any atom is 0.191 e. The number of ether oxygens (including phenoxy) is 2. The van der Waals surface area contributed by atoms with Crippen LogP contribution in [0.1, 0.15) is 24.3 Å². The molecule has 0 saturated carbocycles. The topological polar surface area (TPSA) is 54.9 Å². The number of nitrogens with zero attached hydrogens (tertiary/aromatic N) is 1. The Bertz CT molecular complexity index is 648. The van der Waals surface area contributed by atoms with E-state index in [0.29, 0.717) is 13.2 Å². The van der Waals surface area contributed by atoms with Gasteiger partial charge in [0.15, 0.2) is 17.5 Å². The van der Waals surface area contributed by atoms with Crippen molar-refractivity contribution in [3.05, 3.63) is 46.2 Å². The monoisotopic (exact) mass is 475 g/mol. The van der Waals surface area contributed by atoms with E-state index in [0.717, 1.165) is 36.1 Å². The van der Waals surface area contributed by atoms with Crippen LogP contribution in [0, 0.1) is 0 Å². The highest BCUT2D eigenvalue weighted by Crippen LogP contribution is 2.28. The predicted octanol–water partition coefficient (Wildman–Crippen LogP) is 4.03. The fraction of sp³-hybridized carbons (Fsp3) is 0.389. The van der Waals surface area contributed by atoms with Crippen LogP contribution < -0.4 is 20.1 Å². The van der Waals surface area contributed by atoms with Crippen molar-refractivity contribution in [1.29, 1.82) is 0 Å². The Balaban J connectivity index is 0.00000312. The third-order valence-electron chi connectivity index (χ3n) is 3.30. The van der Waals surface area contributed by atoms with E-state index in [1.54, 1.807) is 18.4 Å². The number of hydrogen-bond acceptors (Lipinski definition) is 4. The molecule has 1 heterocycles. The van der Waals surface area contributed by atoms with Gasteiger partial charge in [0.2, 0.25) is 0 Å². The third-order valence-corrected chi connectivity index (χ3v) is 4.18. The smallest absolute Gasteiger partial charge is 0.191 e. The lowest BCUT2D eigenvalue weighted by molar-refractivity contribution is 0.310. The van der Waals surface area contributed by atoms with Crippen LogP contribution >= 0.6 is 35.3 Å². The lowest BCUT2D eigenvalue weighted by atomic mass is 10.2. The molecule has 0 bridgehead atoms. The van der Waals surface area contributed by atoms with Gasteiger partial charge >= 0.3 is 0 Å². The fourth-order valence-electron chi connectivity index (χ4n) is 2.18. The molecule has 7 heteroatoms. The zero-order valence-electron chi connectivity index (χ0n) is 14.9. The van der Waals surface area contributed by atoms with Gasteiger partial charge in [-0.1, -0.05) is 12.1 Å². The van der Waals surface area contributed by atoms with E-state index in [9.17, 15) is 0 Å². The lowest BCUT2D eigenvalue weighted by Crippen LogP contribution is -2.36. The van der Waals surface area contributed by atoms with Crippen LogP contribution in [0.25, 0.3) is 0 Å². The Hall–Kier alpha value is -1.48. The summed E-state index contributed by atoms with van der Waals surface area (Å²) >= 11 is 1.73. The molecule has 0 aliphatic rings. The molecule has 0 unspecified atom stereocenters. The molecular weight excluding hydrogens is 449 g/mol. The van der Waals surface area contributed by atoms with Gasteiger partial charge in [-0.25, -0.2) is 4.99 Å². The number of methoxy groups -OCH3 is 1. The van der Waals surface area contributed by atoms with E-state index in [-0.39, 0.29) is 24.0 Å². The zero-order chi connectivity index (χ0) is 17.2. The Morgan fingerprint density at radius 2 is 2.00 bits per heavy atom. The molecule has 0 aliphatic heterocycles. The maximum atomic E-state index is 5.62. The Labute approximate surface area is 170 Å². The van der Waals surface area contributed by atoms with Gasteiger partial charge in [0, 0.05) is 11.4 Å². The Morgan fingerprint density at radius 3 is 2.64 bits per heavy atom. The van der Waals surface area contributed by atoms with Gasteiger partial charge in [-0.2, -0.15) is 0 Å². The summed E-state index contributed by atoms with van der Waals surface area (Å²) in [5.41, 5.74) is 1.08. The Kier molecular flexibility index (Phi) is 10.3. The lowest BCUT2D eigenvalue weighted by Gasteiger charge is -2.12. The van der Waals surface area contributed by atoms with Gasteiger partial charge in [-0.05, 0) is 43.0 Å². The number of hydrogen-bond donors (Lipinski definition) is 2. The zero-order valence-corrected chi connectivity index (χ0v) is 18.0. The molecule has 2 N–H and O–H groups in total. The normalized spacial score (nSPS) is 10.8. The molecule has 0 spiro atoms. The second-order valence-corrected chi connectivity index (χ2v) is 6.08. The van der Waals surface area contributed by atoms with Crippen LogP contribution in [0.4, 0.5) is 0 Å². The standard InChI is InChI=1S/C18H25N3O2S.HI/c1-4-19-18(21-13-15-7-6-10-24-15)20-12-14-8-9-16(22-3)17(11-14)23-5-2;/h6-11H,4-5,12-13H2,1-3H3,(H2,19,20,21);1H. The molecule has 2 rings (SSSR count). The number of halogens is 1. The molecule has 5 nitrogen and oxygen atoms in total. The average molecular weight is 475 g/mol. The SMILES string of the molecule is CCNC(=NCc1ccc(OC)c(OCC)c1)NCc1cccs1.I. The van der Waals surface area contributed by atoms with E-state index >= 15 is 0 Å². The minimum Gasteiger partial charge on any atom is -0.493 e. The number of aliphatic imine (C=N–C) groups is 1. The first-order chi connectivity index (χ1) is 11.8. The molecule has 0 atom stereocenters. The van der Waals surface area contributed by atoms with Crippen LogP contribution in [0.3, 0.4) is 0 Å². The third kappa shape index (κ3) is 7.11. The van der Waals surface area contributed by atoms with Crippen LogP contribution in [-0.2, 0) is 13.1 Å². The van der Waals surface area contributed by atoms with E-state index in [2.05, 4.69) is 40.1 Å². The van der Waals surface area contributed by atoms with Crippen molar-refractivity contribution in [2.45, 2.75) is 26.9 Å². The van der Waals surface area contributed by atoms with Gasteiger partial charge in [0.25, 0.3) is 0 Å². The number of nitrogens with one attached hydrogen (secondary N) is 2. The fourth-order valence-corrected chi connectivity index (χ4v) is 2.83. The van der Waals surface area contributed by atoms with Gasteiger partial charge in [-0.15, -0.1) is 35.3 Å². The summed E-state index contributed by atoms with van der Waals surface area (Å²) in [4.78, 5) is 5.92. The van der Waals surface area contributed by atoms with E-state index in [4.69, 9.17) is 9.47 Å².